The summed E-state index contributed by atoms with van der Waals surface area (Å²) in [4.78, 5) is 3.68. The second-order valence-electron chi connectivity index (χ2n) is 2.73. The van der Waals surface area contributed by atoms with Gasteiger partial charge in [-0.3, -0.25) is 0 Å². The highest BCUT2D eigenvalue weighted by molar-refractivity contribution is 5.80. The summed E-state index contributed by atoms with van der Waals surface area (Å²) in [6, 6.07) is 6.49. The summed E-state index contributed by atoms with van der Waals surface area (Å²) in [7, 11) is 0. The van der Waals surface area contributed by atoms with Gasteiger partial charge < -0.3 is 0 Å². The van der Waals surface area contributed by atoms with Crippen LogP contribution >= 0.6 is 0 Å². The quantitative estimate of drug-likeness (QED) is 0.639. The Morgan fingerprint density at radius 3 is 2.50 bits per heavy atom. The SMILES string of the molecule is N#Cc1ccc2c(F)ccc(F)c2n1. The van der Waals surface area contributed by atoms with Crippen LogP contribution in [0.15, 0.2) is 24.3 Å². The predicted octanol–water partition coefficient (Wildman–Crippen LogP) is 2.38. The van der Waals surface area contributed by atoms with Crippen molar-refractivity contribution in [2.24, 2.45) is 0 Å². The molecule has 0 amide bonds. The first-order valence-electron chi connectivity index (χ1n) is 3.87. The lowest BCUT2D eigenvalue weighted by atomic mass is 10.2. The third-order valence-corrected chi connectivity index (χ3v) is 1.87. The third-order valence-electron chi connectivity index (χ3n) is 1.87. The number of pyridine rings is 1. The van der Waals surface area contributed by atoms with Crippen molar-refractivity contribution in [1.82, 2.24) is 4.98 Å². The van der Waals surface area contributed by atoms with Crippen LogP contribution in [0, 0.1) is 23.0 Å². The van der Waals surface area contributed by atoms with E-state index in [1.165, 1.54) is 12.1 Å². The minimum atomic E-state index is -0.626. The van der Waals surface area contributed by atoms with Crippen LogP contribution < -0.4 is 0 Å². The lowest BCUT2D eigenvalue weighted by molar-refractivity contribution is 0.615. The standard InChI is InChI=1S/C10H4F2N2/c11-8-3-4-9(12)10-7(8)2-1-6(5-13)14-10/h1-4H. The van der Waals surface area contributed by atoms with E-state index in [1.807, 2.05) is 0 Å². The average Bonchev–Trinajstić information content (AvgIpc) is 2.23. The first-order valence-corrected chi connectivity index (χ1v) is 3.87. The minimum absolute atomic E-state index is 0.0713. The zero-order chi connectivity index (χ0) is 10.1. The maximum Gasteiger partial charge on any atom is 0.149 e. The van der Waals surface area contributed by atoms with Gasteiger partial charge in [0.15, 0.2) is 0 Å². The van der Waals surface area contributed by atoms with Crippen LogP contribution in [-0.2, 0) is 0 Å². The molecule has 0 aliphatic heterocycles. The lowest BCUT2D eigenvalue weighted by Gasteiger charge is -1.99. The number of benzene rings is 1. The summed E-state index contributed by atoms with van der Waals surface area (Å²) in [5.41, 5.74) is -0.0361. The number of hydrogen-bond acceptors (Lipinski definition) is 2. The zero-order valence-electron chi connectivity index (χ0n) is 6.96. The highest BCUT2D eigenvalue weighted by atomic mass is 19.1. The van der Waals surface area contributed by atoms with Gasteiger partial charge in [-0.05, 0) is 24.3 Å². The van der Waals surface area contributed by atoms with Gasteiger partial charge in [-0.1, -0.05) is 0 Å². The van der Waals surface area contributed by atoms with Gasteiger partial charge >= 0.3 is 0 Å². The molecule has 1 aromatic heterocycles. The molecule has 1 heterocycles. The monoisotopic (exact) mass is 190 g/mol. The molecule has 4 heteroatoms. The normalized spacial score (nSPS) is 10.1. The van der Waals surface area contributed by atoms with Gasteiger partial charge in [0.05, 0.1) is 0 Å². The van der Waals surface area contributed by atoms with E-state index in [4.69, 9.17) is 5.26 Å². The molecular formula is C10H4F2N2. The van der Waals surface area contributed by atoms with Crippen LogP contribution in [-0.4, -0.2) is 4.98 Å². The molecule has 0 unspecified atom stereocenters. The second kappa shape index (κ2) is 3.04. The fraction of sp³-hybridized carbons (Fsp3) is 0. The summed E-state index contributed by atoms with van der Waals surface area (Å²) >= 11 is 0. The summed E-state index contributed by atoms with van der Waals surface area (Å²) in [6.07, 6.45) is 0. The fourth-order valence-corrected chi connectivity index (χ4v) is 1.21. The van der Waals surface area contributed by atoms with Gasteiger partial charge in [0.25, 0.3) is 0 Å². The van der Waals surface area contributed by atoms with Crippen molar-refractivity contribution in [2.75, 3.05) is 0 Å². The number of aromatic nitrogens is 1. The molecule has 0 saturated carbocycles. The molecule has 2 rings (SSSR count). The topological polar surface area (TPSA) is 36.7 Å². The van der Waals surface area contributed by atoms with Crippen molar-refractivity contribution in [3.05, 3.63) is 41.6 Å². The molecule has 0 N–H and O–H groups in total. The lowest BCUT2D eigenvalue weighted by Crippen LogP contribution is -1.90. The molecule has 2 aromatic rings. The van der Waals surface area contributed by atoms with Crippen molar-refractivity contribution >= 4 is 10.9 Å². The number of halogens is 2. The van der Waals surface area contributed by atoms with E-state index >= 15 is 0 Å². The molecule has 0 atom stereocenters. The fourth-order valence-electron chi connectivity index (χ4n) is 1.21. The van der Waals surface area contributed by atoms with Gasteiger partial charge in [-0.25, -0.2) is 13.8 Å². The van der Waals surface area contributed by atoms with E-state index in [1.54, 1.807) is 6.07 Å². The van der Waals surface area contributed by atoms with Crippen molar-refractivity contribution in [3.8, 4) is 6.07 Å². The smallest absolute Gasteiger partial charge is 0.149 e. The average molecular weight is 190 g/mol. The Labute approximate surface area is 78.4 Å². The van der Waals surface area contributed by atoms with Crippen molar-refractivity contribution < 1.29 is 8.78 Å². The van der Waals surface area contributed by atoms with Crippen molar-refractivity contribution in [2.45, 2.75) is 0 Å². The van der Waals surface area contributed by atoms with E-state index < -0.39 is 11.6 Å². The largest absolute Gasteiger partial charge is 0.234 e. The Hall–Kier alpha value is -2.02. The van der Waals surface area contributed by atoms with E-state index in [0.717, 1.165) is 12.1 Å². The summed E-state index contributed by atoms with van der Waals surface area (Å²) in [5, 5.41) is 8.62. The molecule has 14 heavy (non-hydrogen) atoms. The number of rotatable bonds is 0. The molecule has 0 bridgehead atoms. The van der Waals surface area contributed by atoms with Crippen LogP contribution in [0.1, 0.15) is 5.69 Å². The molecule has 0 fully saturated rings. The highest BCUT2D eigenvalue weighted by Gasteiger charge is 2.07. The van der Waals surface area contributed by atoms with Gasteiger partial charge in [0, 0.05) is 5.39 Å². The van der Waals surface area contributed by atoms with Crippen LogP contribution in [0.2, 0.25) is 0 Å². The molecular weight excluding hydrogens is 186 g/mol. The molecule has 0 saturated heterocycles. The number of hydrogen-bond donors (Lipinski definition) is 0. The van der Waals surface area contributed by atoms with E-state index in [0.29, 0.717) is 0 Å². The van der Waals surface area contributed by atoms with Gasteiger partial charge in [0.2, 0.25) is 0 Å². The summed E-state index contributed by atoms with van der Waals surface area (Å²) in [5.74, 6) is -1.17. The molecule has 0 radical (unpaired) electrons. The second-order valence-corrected chi connectivity index (χ2v) is 2.73. The van der Waals surface area contributed by atoms with Crippen molar-refractivity contribution in [3.63, 3.8) is 0 Å². The van der Waals surface area contributed by atoms with Crippen LogP contribution in [0.25, 0.3) is 10.9 Å². The molecule has 2 nitrogen and oxygen atoms in total. The van der Waals surface area contributed by atoms with Crippen molar-refractivity contribution in [1.29, 1.82) is 5.26 Å². The minimum Gasteiger partial charge on any atom is -0.234 e. The third kappa shape index (κ3) is 1.19. The van der Waals surface area contributed by atoms with Gasteiger partial charge in [-0.2, -0.15) is 5.26 Å². The Morgan fingerprint density at radius 1 is 1.07 bits per heavy atom. The van der Waals surface area contributed by atoms with E-state index in [2.05, 4.69) is 4.98 Å². The van der Waals surface area contributed by atoms with Crippen LogP contribution in [0.4, 0.5) is 8.78 Å². The molecule has 0 aliphatic carbocycles. The van der Waals surface area contributed by atoms with E-state index in [9.17, 15) is 8.78 Å². The molecule has 1 aromatic carbocycles. The summed E-state index contributed by atoms with van der Waals surface area (Å²) in [6.45, 7) is 0. The first kappa shape index (κ1) is 8.57. The Bertz CT molecular complexity index is 544. The number of nitriles is 1. The number of nitrogens with zero attached hydrogens (tertiary/aromatic N) is 2. The molecule has 0 spiro atoms. The Morgan fingerprint density at radius 2 is 1.79 bits per heavy atom. The maximum absolute atomic E-state index is 13.1. The first-order chi connectivity index (χ1) is 6.72. The maximum atomic E-state index is 13.1. The van der Waals surface area contributed by atoms with Crippen LogP contribution in [0.5, 0.6) is 0 Å². The summed E-state index contributed by atoms with van der Waals surface area (Å²) < 4.78 is 26.3. The Kier molecular flexibility index (Phi) is 1.86. The predicted molar refractivity (Wildman–Crippen MR) is 46.4 cm³/mol. The highest BCUT2D eigenvalue weighted by Crippen LogP contribution is 2.19. The van der Waals surface area contributed by atoms with Gasteiger partial charge in [-0.15, -0.1) is 0 Å². The van der Waals surface area contributed by atoms with Gasteiger partial charge in [0.1, 0.15) is 28.9 Å². The Balaban J connectivity index is 2.89. The molecule has 0 aliphatic rings. The van der Waals surface area contributed by atoms with Crippen LogP contribution in [0.3, 0.4) is 0 Å². The van der Waals surface area contributed by atoms with E-state index in [-0.39, 0.29) is 16.6 Å². The molecule has 68 valence electrons. The zero-order valence-corrected chi connectivity index (χ0v) is 6.96. The number of fused-ring (bicyclic) bond motifs is 1.